The van der Waals surface area contributed by atoms with Gasteiger partial charge in [0.25, 0.3) is 5.91 Å². The average molecular weight is 418 g/mol. The molecule has 160 valence electrons. The highest BCUT2D eigenvalue weighted by molar-refractivity contribution is 6.06. The van der Waals surface area contributed by atoms with Gasteiger partial charge in [0, 0.05) is 43.7 Å². The lowest BCUT2D eigenvalue weighted by atomic mass is 9.99. The highest BCUT2D eigenvalue weighted by atomic mass is 16.3. The van der Waals surface area contributed by atoms with E-state index in [1.54, 1.807) is 7.05 Å². The van der Waals surface area contributed by atoms with Gasteiger partial charge in [-0.1, -0.05) is 48.5 Å². The molecule has 4 rings (SSSR count). The van der Waals surface area contributed by atoms with Crippen LogP contribution in [0.5, 0.6) is 0 Å². The van der Waals surface area contributed by atoms with Crippen molar-refractivity contribution in [2.75, 3.05) is 33.3 Å². The molecule has 0 bridgehead atoms. The van der Waals surface area contributed by atoms with Crippen LogP contribution in [0.2, 0.25) is 0 Å². The number of carbonyl (C=O) groups is 2. The average Bonchev–Trinajstić information content (AvgIpc) is 3.29. The zero-order valence-electron chi connectivity index (χ0n) is 17.7. The third-order valence-corrected chi connectivity index (χ3v) is 5.91. The maximum absolute atomic E-state index is 13.0. The summed E-state index contributed by atoms with van der Waals surface area (Å²) in [7, 11) is 1.69. The first-order valence-corrected chi connectivity index (χ1v) is 10.6. The second-order valence-corrected chi connectivity index (χ2v) is 8.05. The summed E-state index contributed by atoms with van der Waals surface area (Å²) in [5.74, 6) is 0.0800. The SMILES string of the molecule is CN(CCO)C(=O)c1cc([C@H]2CCN(C(=O)Cc3ccccc3)C2)nc2ccccc12. The van der Waals surface area contributed by atoms with Crippen molar-refractivity contribution in [3.05, 3.63) is 77.5 Å². The summed E-state index contributed by atoms with van der Waals surface area (Å²) in [5.41, 5.74) is 3.22. The van der Waals surface area contributed by atoms with Gasteiger partial charge in [-0.05, 0) is 24.1 Å². The summed E-state index contributed by atoms with van der Waals surface area (Å²) in [5, 5.41) is 10.0. The number of likely N-dealkylation sites (tertiary alicyclic amines) is 1. The fourth-order valence-corrected chi connectivity index (χ4v) is 4.15. The lowest BCUT2D eigenvalue weighted by Gasteiger charge is -2.19. The molecule has 1 saturated heterocycles. The van der Waals surface area contributed by atoms with Crippen molar-refractivity contribution in [1.29, 1.82) is 0 Å². The second-order valence-electron chi connectivity index (χ2n) is 8.05. The second kappa shape index (κ2) is 9.27. The number of nitrogens with zero attached hydrogens (tertiary/aromatic N) is 3. The molecule has 2 heterocycles. The van der Waals surface area contributed by atoms with E-state index in [9.17, 15) is 14.7 Å². The first-order valence-electron chi connectivity index (χ1n) is 10.6. The number of carbonyl (C=O) groups excluding carboxylic acids is 2. The topological polar surface area (TPSA) is 73.7 Å². The predicted molar refractivity (Wildman–Crippen MR) is 120 cm³/mol. The maximum Gasteiger partial charge on any atom is 0.254 e. The van der Waals surface area contributed by atoms with Gasteiger partial charge in [0.05, 0.1) is 24.1 Å². The molecule has 6 heteroatoms. The molecule has 6 nitrogen and oxygen atoms in total. The Labute approximate surface area is 182 Å². The number of hydrogen-bond donors (Lipinski definition) is 1. The molecular weight excluding hydrogens is 390 g/mol. The maximum atomic E-state index is 13.0. The van der Waals surface area contributed by atoms with E-state index >= 15 is 0 Å². The van der Waals surface area contributed by atoms with Gasteiger partial charge in [-0.2, -0.15) is 0 Å². The molecular formula is C25H27N3O3. The Balaban J connectivity index is 1.57. The fourth-order valence-electron chi connectivity index (χ4n) is 4.15. The molecule has 0 saturated carbocycles. The lowest BCUT2D eigenvalue weighted by Crippen LogP contribution is -2.30. The van der Waals surface area contributed by atoms with Gasteiger partial charge in [0.15, 0.2) is 0 Å². The van der Waals surface area contributed by atoms with E-state index < -0.39 is 0 Å². The molecule has 0 spiro atoms. The van der Waals surface area contributed by atoms with Gasteiger partial charge in [-0.3, -0.25) is 14.6 Å². The smallest absolute Gasteiger partial charge is 0.254 e. The van der Waals surface area contributed by atoms with Gasteiger partial charge in [0.1, 0.15) is 0 Å². The summed E-state index contributed by atoms with van der Waals surface area (Å²) in [6.45, 7) is 1.49. The van der Waals surface area contributed by atoms with E-state index in [-0.39, 0.29) is 30.9 Å². The molecule has 0 radical (unpaired) electrons. The number of aromatic nitrogens is 1. The summed E-state index contributed by atoms with van der Waals surface area (Å²) in [6, 6.07) is 19.3. The number of para-hydroxylation sites is 1. The number of benzene rings is 2. The van der Waals surface area contributed by atoms with Crippen LogP contribution in [-0.4, -0.2) is 65.0 Å². The van der Waals surface area contributed by atoms with Gasteiger partial charge < -0.3 is 14.9 Å². The fraction of sp³-hybridized carbons (Fsp3) is 0.320. The molecule has 1 atom stereocenters. The third kappa shape index (κ3) is 4.59. The van der Waals surface area contributed by atoms with Gasteiger partial charge in [0.2, 0.25) is 5.91 Å². The number of likely N-dealkylation sites (N-methyl/N-ethyl adjacent to an activating group) is 1. The van der Waals surface area contributed by atoms with Crippen LogP contribution in [0.1, 0.15) is 34.0 Å². The minimum absolute atomic E-state index is 0.0841. The quantitative estimate of drug-likeness (QED) is 0.669. The Morgan fingerprint density at radius 1 is 1.13 bits per heavy atom. The van der Waals surface area contributed by atoms with Crippen molar-refractivity contribution in [1.82, 2.24) is 14.8 Å². The normalized spacial score (nSPS) is 15.9. The number of rotatable bonds is 6. The van der Waals surface area contributed by atoms with Crippen LogP contribution in [0, 0.1) is 0 Å². The molecule has 1 N–H and O–H groups in total. The van der Waals surface area contributed by atoms with Crippen molar-refractivity contribution in [3.63, 3.8) is 0 Å². The minimum Gasteiger partial charge on any atom is -0.395 e. The predicted octanol–water partition coefficient (Wildman–Crippen LogP) is 2.86. The Bertz CT molecular complexity index is 1080. The summed E-state index contributed by atoms with van der Waals surface area (Å²) in [4.78, 5) is 34.0. The lowest BCUT2D eigenvalue weighted by molar-refractivity contribution is -0.129. The van der Waals surface area contributed by atoms with Crippen molar-refractivity contribution in [3.8, 4) is 0 Å². The number of pyridine rings is 1. The van der Waals surface area contributed by atoms with Crippen molar-refractivity contribution >= 4 is 22.7 Å². The van der Waals surface area contributed by atoms with E-state index in [0.29, 0.717) is 25.1 Å². The third-order valence-electron chi connectivity index (χ3n) is 5.91. The molecule has 2 amide bonds. The number of amides is 2. The van der Waals surface area contributed by atoms with Gasteiger partial charge in [-0.15, -0.1) is 0 Å². The highest BCUT2D eigenvalue weighted by Gasteiger charge is 2.29. The molecule has 0 unspecified atom stereocenters. The summed E-state index contributed by atoms with van der Waals surface area (Å²) < 4.78 is 0. The number of fused-ring (bicyclic) bond motifs is 1. The molecule has 1 aliphatic rings. The molecule has 1 aromatic heterocycles. The molecule has 1 fully saturated rings. The van der Waals surface area contributed by atoms with Crippen LogP contribution in [0.4, 0.5) is 0 Å². The Morgan fingerprint density at radius 3 is 2.65 bits per heavy atom. The zero-order chi connectivity index (χ0) is 21.8. The van der Waals surface area contributed by atoms with Crippen LogP contribution in [0.25, 0.3) is 10.9 Å². The number of aliphatic hydroxyl groups is 1. The standard InChI is InChI=1S/C25H27N3O3/c1-27(13-14-29)25(31)21-16-23(26-22-10-6-5-9-20(21)22)19-11-12-28(17-19)24(30)15-18-7-3-2-4-8-18/h2-10,16,19,29H,11-15,17H2,1H3/t19-/m0/s1. The van der Waals surface area contributed by atoms with Crippen molar-refractivity contribution in [2.24, 2.45) is 0 Å². The van der Waals surface area contributed by atoms with Crippen LogP contribution in [-0.2, 0) is 11.2 Å². The van der Waals surface area contributed by atoms with Crippen molar-refractivity contribution < 1.29 is 14.7 Å². The molecule has 3 aromatic rings. The Hall–Kier alpha value is -3.25. The first-order chi connectivity index (χ1) is 15.1. The Kier molecular flexibility index (Phi) is 6.28. The minimum atomic E-state index is -0.135. The van der Waals surface area contributed by atoms with Crippen LogP contribution >= 0.6 is 0 Å². The monoisotopic (exact) mass is 417 g/mol. The van der Waals surface area contributed by atoms with E-state index in [1.165, 1.54) is 4.90 Å². The van der Waals surface area contributed by atoms with Gasteiger partial charge >= 0.3 is 0 Å². The van der Waals surface area contributed by atoms with E-state index in [0.717, 1.165) is 28.6 Å². The zero-order valence-corrected chi connectivity index (χ0v) is 17.7. The first kappa shape index (κ1) is 21.0. The van der Waals surface area contributed by atoms with Crippen LogP contribution in [0.3, 0.4) is 0 Å². The number of hydrogen-bond acceptors (Lipinski definition) is 4. The largest absolute Gasteiger partial charge is 0.395 e. The van der Waals surface area contributed by atoms with Crippen molar-refractivity contribution in [2.45, 2.75) is 18.8 Å². The molecule has 0 aliphatic carbocycles. The van der Waals surface area contributed by atoms with E-state index in [2.05, 4.69) is 0 Å². The summed E-state index contributed by atoms with van der Waals surface area (Å²) >= 11 is 0. The van der Waals surface area contributed by atoms with E-state index in [1.807, 2.05) is 65.6 Å². The van der Waals surface area contributed by atoms with Gasteiger partial charge in [-0.25, -0.2) is 0 Å². The molecule has 2 aromatic carbocycles. The number of aliphatic hydroxyl groups excluding tert-OH is 1. The van der Waals surface area contributed by atoms with Crippen LogP contribution < -0.4 is 0 Å². The van der Waals surface area contributed by atoms with E-state index in [4.69, 9.17) is 4.98 Å². The molecule has 1 aliphatic heterocycles. The Morgan fingerprint density at radius 2 is 1.87 bits per heavy atom. The van der Waals surface area contributed by atoms with Crippen LogP contribution in [0.15, 0.2) is 60.7 Å². The molecule has 31 heavy (non-hydrogen) atoms. The highest BCUT2D eigenvalue weighted by Crippen LogP contribution is 2.30. The summed E-state index contributed by atoms with van der Waals surface area (Å²) in [6.07, 6.45) is 1.22.